The van der Waals surface area contributed by atoms with Crippen molar-refractivity contribution in [3.05, 3.63) is 11.4 Å². The first-order chi connectivity index (χ1) is 10.0. The monoisotopic (exact) mass is 292 g/mol. The van der Waals surface area contributed by atoms with E-state index in [0.29, 0.717) is 30.3 Å². The largest absolute Gasteiger partial charge is 0.335 e. The summed E-state index contributed by atoms with van der Waals surface area (Å²) in [5.74, 6) is 6.55. The second kappa shape index (κ2) is 6.04. The van der Waals surface area contributed by atoms with Gasteiger partial charge in [0.15, 0.2) is 0 Å². The molecule has 8 nitrogen and oxygen atoms in total. The van der Waals surface area contributed by atoms with Crippen LogP contribution in [0.3, 0.4) is 0 Å². The average Bonchev–Trinajstić information content (AvgIpc) is 2.46. The summed E-state index contributed by atoms with van der Waals surface area (Å²) in [6.07, 6.45) is 1.21. The first-order valence-electron chi connectivity index (χ1n) is 6.96. The Morgan fingerprint density at radius 2 is 2.10 bits per heavy atom. The highest BCUT2D eigenvalue weighted by molar-refractivity contribution is 6.04. The van der Waals surface area contributed by atoms with Gasteiger partial charge in [-0.1, -0.05) is 13.8 Å². The topological polar surface area (TPSA) is 113 Å². The zero-order valence-corrected chi connectivity index (χ0v) is 12.4. The van der Waals surface area contributed by atoms with Gasteiger partial charge in [-0.3, -0.25) is 14.9 Å². The average molecular weight is 292 g/mol. The van der Waals surface area contributed by atoms with E-state index in [1.807, 2.05) is 20.8 Å². The van der Waals surface area contributed by atoms with Crippen molar-refractivity contribution in [2.45, 2.75) is 39.7 Å². The van der Waals surface area contributed by atoms with Crippen LogP contribution in [0.5, 0.6) is 0 Å². The Bertz CT molecular complexity index is 574. The molecule has 0 spiro atoms. The molecular weight excluding hydrogens is 272 g/mol. The summed E-state index contributed by atoms with van der Waals surface area (Å²) in [6.45, 7) is 5.73. The fourth-order valence-corrected chi connectivity index (χ4v) is 2.42. The highest BCUT2D eigenvalue weighted by Gasteiger charge is 2.34. The number of carbonyl (C=O) groups is 2. The van der Waals surface area contributed by atoms with Gasteiger partial charge in [0.2, 0.25) is 11.8 Å². The number of imide groups is 1. The molecule has 1 aromatic rings. The molecule has 1 aliphatic rings. The number of aryl methyl sites for hydroxylation is 1. The predicted octanol–water partition coefficient (Wildman–Crippen LogP) is -0.126. The highest BCUT2D eigenvalue weighted by atomic mass is 16.2. The highest BCUT2D eigenvalue weighted by Crippen LogP contribution is 2.26. The Hall–Kier alpha value is -2.22. The number of carbonyl (C=O) groups excluding carboxylic acids is 2. The van der Waals surface area contributed by atoms with Crippen LogP contribution in [0.25, 0.3) is 0 Å². The molecule has 114 valence electrons. The first-order valence-corrected chi connectivity index (χ1v) is 6.96. The third-order valence-corrected chi connectivity index (χ3v) is 3.53. The van der Waals surface area contributed by atoms with Crippen molar-refractivity contribution in [2.75, 3.05) is 16.9 Å². The van der Waals surface area contributed by atoms with Gasteiger partial charge >= 0.3 is 0 Å². The molecule has 21 heavy (non-hydrogen) atoms. The van der Waals surface area contributed by atoms with E-state index in [9.17, 15) is 9.59 Å². The summed E-state index contributed by atoms with van der Waals surface area (Å²) in [5, 5.41) is 2.35. The molecule has 0 radical (unpaired) electrons. The number of hydrazine groups is 1. The maximum Gasteiger partial charge on any atom is 0.249 e. The smallest absolute Gasteiger partial charge is 0.249 e. The van der Waals surface area contributed by atoms with Crippen molar-refractivity contribution in [1.82, 2.24) is 15.3 Å². The number of rotatable bonds is 4. The third kappa shape index (κ3) is 2.80. The van der Waals surface area contributed by atoms with Crippen LogP contribution in [0.4, 0.5) is 11.6 Å². The van der Waals surface area contributed by atoms with Crippen LogP contribution in [0.15, 0.2) is 0 Å². The number of nitrogens with one attached hydrogen (secondary N) is 2. The quantitative estimate of drug-likeness (QED) is 0.402. The minimum atomic E-state index is -0.424. The number of hydrogen-bond acceptors (Lipinski definition) is 7. The van der Waals surface area contributed by atoms with Gasteiger partial charge in [-0.15, -0.1) is 0 Å². The van der Waals surface area contributed by atoms with Crippen molar-refractivity contribution < 1.29 is 9.59 Å². The van der Waals surface area contributed by atoms with Gasteiger partial charge in [-0.2, -0.15) is 0 Å². The van der Waals surface area contributed by atoms with Crippen molar-refractivity contribution >= 4 is 23.5 Å². The van der Waals surface area contributed by atoms with E-state index in [0.717, 1.165) is 5.56 Å². The van der Waals surface area contributed by atoms with E-state index in [-0.39, 0.29) is 18.4 Å². The van der Waals surface area contributed by atoms with Crippen molar-refractivity contribution in [3.63, 3.8) is 0 Å². The lowest BCUT2D eigenvalue weighted by atomic mass is 10.1. The summed E-state index contributed by atoms with van der Waals surface area (Å²) in [7, 11) is 0. The maximum absolute atomic E-state index is 12.0. The zero-order valence-electron chi connectivity index (χ0n) is 12.4. The number of nitrogens with two attached hydrogens (primary N) is 1. The second-order valence-electron chi connectivity index (χ2n) is 4.90. The van der Waals surface area contributed by atoms with Crippen LogP contribution < -0.4 is 21.5 Å². The third-order valence-electron chi connectivity index (χ3n) is 3.53. The summed E-state index contributed by atoms with van der Waals surface area (Å²) in [4.78, 5) is 34.2. The van der Waals surface area contributed by atoms with E-state index in [4.69, 9.17) is 5.84 Å². The van der Waals surface area contributed by atoms with Gasteiger partial charge in [0.05, 0.1) is 6.54 Å². The molecule has 2 rings (SSSR count). The van der Waals surface area contributed by atoms with Crippen molar-refractivity contribution in [3.8, 4) is 0 Å². The van der Waals surface area contributed by atoms with Crippen molar-refractivity contribution in [1.29, 1.82) is 0 Å². The maximum atomic E-state index is 12.0. The molecule has 1 fully saturated rings. The van der Waals surface area contributed by atoms with E-state index in [1.165, 1.54) is 0 Å². The lowest BCUT2D eigenvalue weighted by molar-refractivity contribution is -0.132. The molecule has 1 aliphatic heterocycles. The molecule has 0 bridgehead atoms. The van der Waals surface area contributed by atoms with Crippen LogP contribution in [0.2, 0.25) is 0 Å². The number of nitrogens with zero attached hydrogens (tertiary/aromatic N) is 3. The second-order valence-corrected chi connectivity index (χ2v) is 4.90. The van der Waals surface area contributed by atoms with Crippen LogP contribution in [-0.4, -0.2) is 34.4 Å². The lowest BCUT2D eigenvalue weighted by Crippen LogP contribution is -2.58. The fourth-order valence-electron chi connectivity index (χ4n) is 2.42. The van der Waals surface area contributed by atoms with Gasteiger partial charge in [0.25, 0.3) is 0 Å². The Morgan fingerprint density at radius 3 is 2.67 bits per heavy atom. The van der Waals surface area contributed by atoms with E-state index < -0.39 is 6.04 Å². The zero-order chi connectivity index (χ0) is 15.6. The van der Waals surface area contributed by atoms with Crippen molar-refractivity contribution in [2.24, 2.45) is 5.84 Å². The van der Waals surface area contributed by atoms with Crippen LogP contribution in [0.1, 0.15) is 31.7 Å². The molecule has 1 saturated heterocycles. The molecule has 2 amide bonds. The van der Waals surface area contributed by atoms with Gasteiger partial charge in [0, 0.05) is 12.0 Å². The minimum absolute atomic E-state index is 0.0925. The Morgan fingerprint density at radius 1 is 1.38 bits per heavy atom. The fraction of sp³-hybridized carbons (Fsp3) is 0.538. The minimum Gasteiger partial charge on any atom is -0.335 e. The Kier molecular flexibility index (Phi) is 4.37. The summed E-state index contributed by atoms with van der Waals surface area (Å²) >= 11 is 0. The molecule has 4 N–H and O–H groups in total. The summed E-state index contributed by atoms with van der Waals surface area (Å²) < 4.78 is 0. The number of aromatic nitrogens is 2. The molecule has 2 heterocycles. The number of anilines is 2. The number of amides is 2. The summed E-state index contributed by atoms with van der Waals surface area (Å²) in [5.41, 5.74) is 3.26. The van der Waals surface area contributed by atoms with Gasteiger partial charge < -0.3 is 10.3 Å². The molecule has 0 aliphatic carbocycles. The SMILES string of the molecule is CCc1nc(NN)c(C)c(N2CC(=O)NC(=O)C2CC)n1. The van der Waals surface area contributed by atoms with E-state index in [1.54, 1.807) is 4.90 Å². The summed E-state index contributed by atoms with van der Waals surface area (Å²) in [6, 6.07) is -0.424. The predicted molar refractivity (Wildman–Crippen MR) is 78.5 cm³/mol. The van der Waals surface area contributed by atoms with Gasteiger partial charge in [-0.05, 0) is 13.3 Å². The lowest BCUT2D eigenvalue weighted by Gasteiger charge is -2.35. The molecular formula is C13H20N6O2. The molecule has 1 unspecified atom stereocenters. The van der Waals surface area contributed by atoms with Gasteiger partial charge in [0.1, 0.15) is 23.5 Å². The van der Waals surface area contributed by atoms with Crippen LogP contribution in [0, 0.1) is 6.92 Å². The van der Waals surface area contributed by atoms with Crippen LogP contribution >= 0.6 is 0 Å². The number of nitrogen functional groups attached to an aromatic ring is 1. The number of hydrogen-bond donors (Lipinski definition) is 3. The molecule has 1 aromatic heterocycles. The molecule has 0 saturated carbocycles. The Balaban J connectivity index is 2.52. The number of piperazine rings is 1. The standard InChI is InChI=1S/C13H20N6O2/c1-4-8-13(21)17-10(20)6-19(8)12-7(3)11(18-14)15-9(5-2)16-12/h8H,4-6,14H2,1-3H3,(H,15,16,18)(H,17,20,21). The molecule has 8 heteroatoms. The van der Waals surface area contributed by atoms with Gasteiger partial charge in [-0.25, -0.2) is 15.8 Å². The van der Waals surface area contributed by atoms with Crippen LogP contribution in [-0.2, 0) is 16.0 Å². The van der Waals surface area contributed by atoms with E-state index >= 15 is 0 Å². The normalized spacial score (nSPS) is 18.7. The van der Waals surface area contributed by atoms with E-state index in [2.05, 4.69) is 20.7 Å². The first kappa shape index (κ1) is 15.2. The molecule has 0 aromatic carbocycles. The molecule has 1 atom stereocenters. The Labute approximate surface area is 123 Å².